The van der Waals surface area contributed by atoms with Gasteiger partial charge in [0.05, 0.1) is 13.7 Å². The Labute approximate surface area is 105 Å². The first kappa shape index (κ1) is 11.5. The van der Waals surface area contributed by atoms with Gasteiger partial charge in [0.15, 0.2) is 0 Å². The van der Waals surface area contributed by atoms with E-state index in [1.807, 2.05) is 0 Å². The normalized spacial score (nSPS) is 40.3. The molecule has 0 aromatic rings. The van der Waals surface area contributed by atoms with Crippen LogP contribution < -0.4 is 0 Å². The van der Waals surface area contributed by atoms with Gasteiger partial charge in [-0.1, -0.05) is 41.2 Å². The van der Waals surface area contributed by atoms with Gasteiger partial charge >= 0.3 is 0 Å². The number of hydrogen-bond donors (Lipinski definition) is 0. The summed E-state index contributed by atoms with van der Waals surface area (Å²) in [6, 6.07) is 0. The molecule has 0 amide bonds. The van der Waals surface area contributed by atoms with Crippen LogP contribution in [0.25, 0.3) is 0 Å². The van der Waals surface area contributed by atoms with Crippen LogP contribution in [-0.2, 0) is 9.47 Å². The van der Waals surface area contributed by atoms with E-state index in [0.29, 0.717) is 15.8 Å². The van der Waals surface area contributed by atoms with E-state index in [4.69, 9.17) is 9.47 Å². The van der Waals surface area contributed by atoms with Crippen molar-refractivity contribution in [1.82, 2.24) is 0 Å². The van der Waals surface area contributed by atoms with Crippen LogP contribution in [0.1, 0.15) is 13.8 Å². The van der Waals surface area contributed by atoms with Gasteiger partial charge in [0.1, 0.15) is 11.9 Å². The number of methoxy groups -OCH3 is 1. The Kier molecular flexibility index (Phi) is 3.40. The highest BCUT2D eigenvalue weighted by atomic mass is 127. The Bertz CT molecular complexity index is 309. The minimum absolute atomic E-state index is 0.136. The zero-order valence-electron chi connectivity index (χ0n) is 9.37. The Hall–Kier alpha value is -0.0300. The van der Waals surface area contributed by atoms with Crippen molar-refractivity contribution in [2.45, 2.75) is 23.9 Å². The van der Waals surface area contributed by atoms with Crippen molar-refractivity contribution >= 4 is 22.6 Å². The van der Waals surface area contributed by atoms with E-state index in [-0.39, 0.29) is 6.10 Å². The highest BCUT2D eigenvalue weighted by molar-refractivity contribution is 14.1. The van der Waals surface area contributed by atoms with Gasteiger partial charge in [0, 0.05) is 9.84 Å². The molecule has 1 aliphatic heterocycles. The lowest BCUT2D eigenvalue weighted by molar-refractivity contribution is -0.0358. The van der Waals surface area contributed by atoms with Crippen LogP contribution in [0.3, 0.4) is 0 Å². The summed E-state index contributed by atoms with van der Waals surface area (Å²) >= 11 is 2.55. The maximum Gasteiger partial charge on any atom is 0.125 e. The number of allylic oxidation sites excluding steroid dienone is 2. The van der Waals surface area contributed by atoms with E-state index >= 15 is 0 Å². The zero-order valence-corrected chi connectivity index (χ0v) is 11.5. The molecule has 84 valence electrons. The SMILES string of the molecule is COC1=CC(C)=CC2C1OCC(C)C2I. The first-order valence-electron chi connectivity index (χ1n) is 5.33. The van der Waals surface area contributed by atoms with Crippen molar-refractivity contribution < 1.29 is 9.47 Å². The molecule has 1 heterocycles. The lowest BCUT2D eigenvalue weighted by Gasteiger charge is -2.40. The number of ether oxygens (including phenoxy) is 2. The van der Waals surface area contributed by atoms with Crippen molar-refractivity contribution in [3.63, 3.8) is 0 Å². The Balaban J connectivity index is 2.27. The summed E-state index contributed by atoms with van der Waals surface area (Å²) in [6.45, 7) is 5.21. The molecule has 0 bridgehead atoms. The molecule has 0 aromatic carbocycles. The summed E-state index contributed by atoms with van der Waals surface area (Å²) in [6.07, 6.45) is 4.54. The molecule has 0 spiro atoms. The van der Waals surface area contributed by atoms with Crippen LogP contribution in [0.4, 0.5) is 0 Å². The molecule has 15 heavy (non-hydrogen) atoms. The van der Waals surface area contributed by atoms with Crippen molar-refractivity contribution in [3.8, 4) is 0 Å². The number of halogens is 1. The van der Waals surface area contributed by atoms with E-state index in [1.165, 1.54) is 5.57 Å². The first-order valence-corrected chi connectivity index (χ1v) is 6.57. The molecular formula is C12H17IO2. The quantitative estimate of drug-likeness (QED) is 0.546. The Morgan fingerprint density at radius 1 is 1.53 bits per heavy atom. The molecule has 1 fully saturated rings. The van der Waals surface area contributed by atoms with Gasteiger partial charge in [0.2, 0.25) is 0 Å². The molecule has 3 heteroatoms. The van der Waals surface area contributed by atoms with Gasteiger partial charge in [-0.2, -0.15) is 0 Å². The second kappa shape index (κ2) is 4.45. The van der Waals surface area contributed by atoms with Crippen LogP contribution in [0.2, 0.25) is 0 Å². The molecule has 0 N–H and O–H groups in total. The topological polar surface area (TPSA) is 18.5 Å². The van der Waals surface area contributed by atoms with Gasteiger partial charge in [-0.05, 0) is 18.9 Å². The summed E-state index contributed by atoms with van der Waals surface area (Å²) in [5.74, 6) is 2.06. The van der Waals surface area contributed by atoms with Crippen molar-refractivity contribution in [3.05, 3.63) is 23.5 Å². The maximum absolute atomic E-state index is 5.87. The fraction of sp³-hybridized carbons (Fsp3) is 0.667. The fourth-order valence-electron chi connectivity index (χ4n) is 2.29. The smallest absolute Gasteiger partial charge is 0.125 e. The second-order valence-corrected chi connectivity index (χ2v) is 5.85. The average molecular weight is 320 g/mol. The summed E-state index contributed by atoms with van der Waals surface area (Å²) in [4.78, 5) is 0. The van der Waals surface area contributed by atoms with Crippen LogP contribution in [0, 0.1) is 11.8 Å². The highest BCUT2D eigenvalue weighted by Gasteiger charge is 2.39. The molecule has 2 rings (SSSR count). The minimum atomic E-state index is 0.136. The van der Waals surface area contributed by atoms with Gasteiger partial charge in [-0.15, -0.1) is 0 Å². The molecular weight excluding hydrogens is 303 g/mol. The van der Waals surface area contributed by atoms with Gasteiger partial charge in [-0.25, -0.2) is 0 Å². The fourth-order valence-corrected chi connectivity index (χ4v) is 3.08. The largest absolute Gasteiger partial charge is 0.498 e. The molecule has 0 aromatic heterocycles. The molecule has 1 aliphatic carbocycles. The van der Waals surface area contributed by atoms with Crippen LogP contribution in [0.5, 0.6) is 0 Å². The van der Waals surface area contributed by atoms with Crippen molar-refractivity contribution in [1.29, 1.82) is 0 Å². The third-order valence-corrected chi connectivity index (χ3v) is 5.20. The predicted octanol–water partition coefficient (Wildman–Crippen LogP) is 2.93. The number of alkyl halides is 1. The lowest BCUT2D eigenvalue weighted by Crippen LogP contribution is -2.43. The van der Waals surface area contributed by atoms with Crippen molar-refractivity contribution in [2.24, 2.45) is 11.8 Å². The third-order valence-electron chi connectivity index (χ3n) is 3.14. The predicted molar refractivity (Wildman–Crippen MR) is 69.1 cm³/mol. The monoisotopic (exact) mass is 320 g/mol. The van der Waals surface area contributed by atoms with E-state index in [0.717, 1.165) is 12.4 Å². The van der Waals surface area contributed by atoms with Crippen LogP contribution in [0.15, 0.2) is 23.5 Å². The van der Waals surface area contributed by atoms with Crippen molar-refractivity contribution in [2.75, 3.05) is 13.7 Å². The molecule has 2 aliphatic rings. The van der Waals surface area contributed by atoms with E-state index in [1.54, 1.807) is 7.11 Å². The summed E-state index contributed by atoms with van der Waals surface area (Å²) in [5, 5.41) is 0. The summed E-state index contributed by atoms with van der Waals surface area (Å²) in [5.41, 5.74) is 1.28. The van der Waals surface area contributed by atoms with E-state index < -0.39 is 0 Å². The molecule has 2 nitrogen and oxygen atoms in total. The average Bonchev–Trinajstić information content (AvgIpc) is 2.23. The van der Waals surface area contributed by atoms with E-state index in [2.05, 4.69) is 48.6 Å². The Morgan fingerprint density at radius 3 is 2.93 bits per heavy atom. The Morgan fingerprint density at radius 2 is 2.27 bits per heavy atom. The first-order chi connectivity index (χ1) is 7.13. The molecule has 4 unspecified atom stereocenters. The second-order valence-electron chi connectivity index (χ2n) is 4.41. The molecule has 1 saturated heterocycles. The van der Waals surface area contributed by atoms with Crippen LogP contribution in [-0.4, -0.2) is 23.7 Å². The molecule has 0 saturated carbocycles. The number of rotatable bonds is 1. The standard InChI is InChI=1S/C12H17IO2/c1-7-4-9-11(13)8(2)6-15-12(9)10(5-7)14-3/h4-5,8-9,11-12H,6H2,1-3H3. The van der Waals surface area contributed by atoms with Gasteiger partial charge < -0.3 is 9.47 Å². The van der Waals surface area contributed by atoms with Gasteiger partial charge in [-0.3, -0.25) is 0 Å². The maximum atomic E-state index is 5.87. The van der Waals surface area contributed by atoms with Crippen LogP contribution >= 0.6 is 22.6 Å². The lowest BCUT2D eigenvalue weighted by atomic mass is 9.83. The number of hydrogen-bond acceptors (Lipinski definition) is 2. The zero-order chi connectivity index (χ0) is 11.0. The van der Waals surface area contributed by atoms with E-state index in [9.17, 15) is 0 Å². The van der Waals surface area contributed by atoms with Gasteiger partial charge in [0.25, 0.3) is 0 Å². The molecule has 4 atom stereocenters. The minimum Gasteiger partial charge on any atom is -0.498 e. The highest BCUT2D eigenvalue weighted by Crippen LogP contribution is 2.39. The summed E-state index contributed by atoms with van der Waals surface area (Å²) in [7, 11) is 1.73. The third kappa shape index (κ3) is 2.09. The molecule has 0 radical (unpaired) electrons. The number of fused-ring (bicyclic) bond motifs is 1. The summed E-state index contributed by atoms with van der Waals surface area (Å²) < 4.78 is 11.9.